The molecule has 0 bridgehead atoms. The number of hydrogen-bond donors (Lipinski definition) is 6. The summed E-state index contributed by atoms with van der Waals surface area (Å²) in [5.41, 5.74) is -1.02. The SMILES string of the molecule is CCCCOc1c[nH]c(CNC(=O)NC[C@@H](C)[C@H](NC(=O)C(=N)c2csc(NC(=O)OC(C)(C)C)n2)C(C)=O)cc1=O. The molecule has 2 atom stereocenters. The van der Waals surface area contributed by atoms with E-state index in [2.05, 4.69) is 31.2 Å². The van der Waals surface area contributed by atoms with Gasteiger partial charge < -0.3 is 30.4 Å². The molecule has 230 valence electrons. The zero-order valence-electron chi connectivity index (χ0n) is 24.6. The van der Waals surface area contributed by atoms with E-state index in [0.717, 1.165) is 24.2 Å². The van der Waals surface area contributed by atoms with E-state index < -0.39 is 41.3 Å². The van der Waals surface area contributed by atoms with Crippen LogP contribution in [0.1, 0.15) is 65.8 Å². The lowest BCUT2D eigenvalue weighted by Crippen LogP contribution is -2.50. The molecule has 6 N–H and O–H groups in total. The molecule has 0 radical (unpaired) electrons. The van der Waals surface area contributed by atoms with Crippen molar-refractivity contribution in [3.63, 3.8) is 0 Å². The maximum Gasteiger partial charge on any atom is 0.413 e. The monoisotopic (exact) mass is 605 g/mol. The van der Waals surface area contributed by atoms with Crippen LogP contribution in [0, 0.1) is 11.3 Å². The number of H-pyrrole nitrogens is 1. The number of thiazole rings is 1. The van der Waals surface area contributed by atoms with Crippen LogP contribution in [0.4, 0.5) is 14.7 Å². The fraction of sp³-hybridized carbons (Fsp3) is 0.519. The van der Waals surface area contributed by atoms with Crippen LogP contribution < -0.4 is 31.4 Å². The number of amides is 4. The minimum atomic E-state index is -0.993. The Morgan fingerprint density at radius 2 is 1.90 bits per heavy atom. The van der Waals surface area contributed by atoms with Crippen molar-refractivity contribution in [3.8, 4) is 5.75 Å². The minimum absolute atomic E-state index is 0.00890. The summed E-state index contributed by atoms with van der Waals surface area (Å²) < 4.78 is 10.6. The van der Waals surface area contributed by atoms with Crippen molar-refractivity contribution in [3.05, 3.63) is 39.3 Å². The number of Topliss-reactive ketones (excluding diaryl/α,β-unsaturated/α-hetero) is 1. The predicted octanol–water partition coefficient (Wildman–Crippen LogP) is 2.93. The highest BCUT2D eigenvalue weighted by Crippen LogP contribution is 2.18. The molecule has 2 aromatic heterocycles. The Morgan fingerprint density at radius 1 is 1.19 bits per heavy atom. The number of pyridine rings is 1. The van der Waals surface area contributed by atoms with E-state index in [0.29, 0.717) is 12.3 Å². The third-order valence-corrected chi connectivity index (χ3v) is 6.36. The first-order chi connectivity index (χ1) is 19.7. The highest BCUT2D eigenvalue weighted by Gasteiger charge is 2.27. The molecule has 0 unspecified atom stereocenters. The second-order valence-corrected chi connectivity index (χ2v) is 11.4. The number of carbonyl (C=O) groups is 4. The van der Waals surface area contributed by atoms with E-state index in [4.69, 9.17) is 14.9 Å². The summed E-state index contributed by atoms with van der Waals surface area (Å²) >= 11 is 1.01. The van der Waals surface area contributed by atoms with Gasteiger partial charge in [-0.3, -0.25) is 25.1 Å². The average Bonchev–Trinajstić information content (AvgIpc) is 3.36. The standard InChI is InChI=1S/C27H39N7O7S/c1-7-8-9-40-20-13-29-17(10-19(20)36)12-31-24(38)30-11-15(2)22(16(3)35)33-23(37)21(28)18-14-42-25(32-18)34-26(39)41-27(4,5)6/h10,13-15,22,28H,7-9,11-12H2,1-6H3,(H,29,36)(H,33,37)(H2,30,31,38)(H,32,34,39)/t15-,22+/m1/s1. The van der Waals surface area contributed by atoms with Gasteiger partial charge in [0, 0.05) is 35.8 Å². The average molecular weight is 606 g/mol. The van der Waals surface area contributed by atoms with Gasteiger partial charge in [0.15, 0.2) is 16.7 Å². The van der Waals surface area contributed by atoms with Crippen molar-refractivity contribution in [2.24, 2.45) is 5.92 Å². The first-order valence-electron chi connectivity index (χ1n) is 13.4. The highest BCUT2D eigenvalue weighted by molar-refractivity contribution is 7.14. The zero-order chi connectivity index (χ0) is 31.4. The lowest BCUT2D eigenvalue weighted by atomic mass is 9.98. The summed E-state index contributed by atoms with van der Waals surface area (Å²) in [6.45, 7) is 10.6. The molecular formula is C27H39N7O7S. The highest BCUT2D eigenvalue weighted by atomic mass is 32.1. The van der Waals surface area contributed by atoms with Crippen molar-refractivity contribution in [2.75, 3.05) is 18.5 Å². The van der Waals surface area contributed by atoms with Crippen molar-refractivity contribution in [1.29, 1.82) is 5.41 Å². The molecule has 0 aliphatic carbocycles. The summed E-state index contributed by atoms with van der Waals surface area (Å²) in [7, 11) is 0. The number of nitrogens with zero attached hydrogens (tertiary/aromatic N) is 1. The molecule has 0 saturated heterocycles. The number of aromatic nitrogens is 2. The quantitative estimate of drug-likeness (QED) is 0.139. The third kappa shape index (κ3) is 11.3. The van der Waals surface area contributed by atoms with Crippen molar-refractivity contribution >= 4 is 46.0 Å². The first-order valence-corrected chi connectivity index (χ1v) is 14.3. The Hall–Kier alpha value is -4.27. The molecule has 14 nitrogen and oxygen atoms in total. The minimum Gasteiger partial charge on any atom is -0.488 e. The second-order valence-electron chi connectivity index (χ2n) is 10.5. The van der Waals surface area contributed by atoms with Gasteiger partial charge in [-0.05, 0) is 34.1 Å². The van der Waals surface area contributed by atoms with Gasteiger partial charge in [-0.15, -0.1) is 11.3 Å². The van der Waals surface area contributed by atoms with Crippen molar-refractivity contribution in [1.82, 2.24) is 25.9 Å². The molecule has 15 heteroatoms. The zero-order valence-corrected chi connectivity index (χ0v) is 25.5. The number of anilines is 1. The Kier molecular flexibility index (Phi) is 12.6. The predicted molar refractivity (Wildman–Crippen MR) is 158 cm³/mol. The Balaban J connectivity index is 1.87. The maximum atomic E-state index is 12.7. The summed E-state index contributed by atoms with van der Waals surface area (Å²) in [6, 6.07) is -0.188. The van der Waals surface area contributed by atoms with Gasteiger partial charge in [-0.2, -0.15) is 0 Å². The number of rotatable bonds is 14. The van der Waals surface area contributed by atoms with E-state index in [1.54, 1.807) is 27.7 Å². The van der Waals surface area contributed by atoms with Crippen LogP contribution in [0.5, 0.6) is 5.75 Å². The third-order valence-electron chi connectivity index (χ3n) is 5.61. The van der Waals surface area contributed by atoms with Gasteiger partial charge in [0.25, 0.3) is 5.91 Å². The maximum absolute atomic E-state index is 12.7. The van der Waals surface area contributed by atoms with E-state index in [9.17, 15) is 24.0 Å². The topological polar surface area (TPSA) is 204 Å². The van der Waals surface area contributed by atoms with Gasteiger partial charge in [0.2, 0.25) is 5.43 Å². The lowest BCUT2D eigenvalue weighted by molar-refractivity contribution is -0.124. The first kappa shape index (κ1) is 33.9. The molecule has 2 aromatic rings. The number of carbonyl (C=O) groups excluding carboxylic acids is 4. The molecule has 2 heterocycles. The van der Waals surface area contributed by atoms with Crippen LogP contribution in [-0.4, -0.2) is 64.3 Å². The summed E-state index contributed by atoms with van der Waals surface area (Å²) in [6.07, 6.45) is 2.51. The Labute approximate surface area is 247 Å². The molecule has 2 rings (SSSR count). The second kappa shape index (κ2) is 15.7. The molecule has 0 aliphatic heterocycles. The van der Waals surface area contributed by atoms with Gasteiger partial charge in [-0.25, -0.2) is 14.6 Å². The molecule has 42 heavy (non-hydrogen) atoms. The fourth-order valence-electron chi connectivity index (χ4n) is 3.46. The lowest BCUT2D eigenvalue weighted by Gasteiger charge is -2.23. The van der Waals surface area contributed by atoms with E-state index >= 15 is 0 Å². The van der Waals surface area contributed by atoms with Crippen LogP contribution in [0.15, 0.2) is 22.4 Å². The van der Waals surface area contributed by atoms with Crippen LogP contribution in [0.25, 0.3) is 0 Å². The molecule has 0 saturated carbocycles. The number of hydrogen-bond acceptors (Lipinski definition) is 10. The van der Waals surface area contributed by atoms with Crippen LogP contribution in [-0.2, 0) is 20.9 Å². The molecular weight excluding hydrogens is 566 g/mol. The smallest absolute Gasteiger partial charge is 0.413 e. The van der Waals surface area contributed by atoms with E-state index in [-0.39, 0.29) is 40.9 Å². The van der Waals surface area contributed by atoms with E-state index in [1.807, 2.05) is 6.92 Å². The number of ketones is 1. The Bertz CT molecular complexity index is 1330. The molecule has 0 aliphatic rings. The number of urea groups is 1. The molecule has 0 aromatic carbocycles. The van der Waals surface area contributed by atoms with Gasteiger partial charge in [0.05, 0.1) is 19.2 Å². The van der Waals surface area contributed by atoms with Crippen molar-refractivity contribution in [2.45, 2.75) is 72.6 Å². The normalized spacial score (nSPS) is 12.4. The number of aromatic amines is 1. The largest absolute Gasteiger partial charge is 0.488 e. The van der Waals surface area contributed by atoms with Gasteiger partial charge in [0.1, 0.15) is 17.0 Å². The van der Waals surface area contributed by atoms with Gasteiger partial charge >= 0.3 is 12.1 Å². The van der Waals surface area contributed by atoms with E-state index in [1.165, 1.54) is 24.6 Å². The number of ether oxygens (including phenoxy) is 2. The number of unbranched alkanes of at least 4 members (excludes halogenated alkanes) is 1. The molecule has 4 amide bonds. The summed E-state index contributed by atoms with van der Waals surface area (Å²) in [5, 5.41) is 20.0. The summed E-state index contributed by atoms with van der Waals surface area (Å²) in [5.74, 6) is -1.52. The van der Waals surface area contributed by atoms with Crippen molar-refractivity contribution < 1.29 is 28.7 Å². The fourth-order valence-corrected chi connectivity index (χ4v) is 4.15. The summed E-state index contributed by atoms with van der Waals surface area (Å²) in [4.78, 5) is 68.4. The van der Waals surface area contributed by atoms with Crippen LogP contribution in [0.2, 0.25) is 0 Å². The number of nitrogens with one attached hydrogen (secondary N) is 6. The van der Waals surface area contributed by atoms with Crippen LogP contribution in [0.3, 0.4) is 0 Å². The molecule has 0 fully saturated rings. The Morgan fingerprint density at radius 3 is 2.52 bits per heavy atom. The van der Waals surface area contributed by atoms with Crippen LogP contribution >= 0.6 is 11.3 Å². The molecule has 0 spiro atoms. The van der Waals surface area contributed by atoms with Gasteiger partial charge in [-0.1, -0.05) is 20.3 Å².